The van der Waals surface area contributed by atoms with Gasteiger partial charge in [-0.1, -0.05) is 18.2 Å². The molecule has 1 aliphatic rings. The van der Waals surface area contributed by atoms with Crippen molar-refractivity contribution in [2.45, 2.75) is 25.7 Å². The molecule has 2 atom stereocenters. The van der Waals surface area contributed by atoms with Crippen LogP contribution in [-0.2, 0) is 16.0 Å². The quantitative estimate of drug-likeness (QED) is 0.767. The molecular weight excluding hydrogens is 298 g/mol. The molecule has 1 aromatic heterocycles. The molecule has 1 fully saturated rings. The van der Waals surface area contributed by atoms with Crippen molar-refractivity contribution >= 4 is 17.3 Å². The number of hydrogen-bond donors (Lipinski definition) is 0. The van der Waals surface area contributed by atoms with Crippen LogP contribution in [0.25, 0.3) is 0 Å². The van der Waals surface area contributed by atoms with Gasteiger partial charge in [-0.3, -0.25) is 4.79 Å². The monoisotopic (exact) mass is 317 g/mol. The van der Waals surface area contributed by atoms with Gasteiger partial charge in [-0.15, -0.1) is 11.3 Å². The SMILES string of the molecule is COc1ccccc1[C@@H]1C[C@H]1C(=O)OCCc1scnc1C. The minimum Gasteiger partial charge on any atom is -0.496 e. The van der Waals surface area contributed by atoms with Gasteiger partial charge in [0.15, 0.2) is 0 Å². The summed E-state index contributed by atoms with van der Waals surface area (Å²) < 4.78 is 10.8. The Kier molecular flexibility index (Phi) is 4.43. The standard InChI is InChI=1S/C17H19NO3S/c1-11-16(22-10-18-11)7-8-21-17(19)14-9-13(14)12-5-3-4-6-15(12)20-2/h3-6,10,13-14H,7-9H2,1-2H3/t13-,14+/m0/s1. The third kappa shape index (κ3) is 3.14. The highest BCUT2D eigenvalue weighted by atomic mass is 32.1. The van der Waals surface area contributed by atoms with Crippen LogP contribution in [0.5, 0.6) is 5.75 Å². The first-order valence-electron chi connectivity index (χ1n) is 7.39. The number of thiazole rings is 1. The molecule has 1 aliphatic carbocycles. The minimum absolute atomic E-state index is 0.0288. The van der Waals surface area contributed by atoms with E-state index in [1.807, 2.05) is 36.7 Å². The molecule has 5 heteroatoms. The second-order valence-corrected chi connectivity index (χ2v) is 6.41. The van der Waals surface area contributed by atoms with Crippen LogP contribution in [0.4, 0.5) is 0 Å². The highest BCUT2D eigenvalue weighted by Gasteiger charge is 2.46. The number of para-hydroxylation sites is 1. The molecule has 1 heterocycles. The molecule has 0 aliphatic heterocycles. The number of hydrogen-bond acceptors (Lipinski definition) is 5. The molecule has 4 nitrogen and oxygen atoms in total. The first-order valence-corrected chi connectivity index (χ1v) is 8.27. The van der Waals surface area contributed by atoms with Gasteiger partial charge in [0, 0.05) is 17.2 Å². The summed E-state index contributed by atoms with van der Waals surface area (Å²) in [5.41, 5.74) is 3.95. The number of esters is 1. The van der Waals surface area contributed by atoms with Gasteiger partial charge in [-0.2, -0.15) is 0 Å². The summed E-state index contributed by atoms with van der Waals surface area (Å²) in [6, 6.07) is 7.88. The van der Waals surface area contributed by atoms with Gasteiger partial charge in [0.05, 0.1) is 30.8 Å². The summed E-state index contributed by atoms with van der Waals surface area (Å²) in [5.74, 6) is 0.953. The third-order valence-electron chi connectivity index (χ3n) is 4.05. The van der Waals surface area contributed by atoms with E-state index in [1.165, 1.54) is 4.88 Å². The lowest BCUT2D eigenvalue weighted by Crippen LogP contribution is -2.10. The Labute approximate surface area is 134 Å². The van der Waals surface area contributed by atoms with E-state index in [-0.39, 0.29) is 17.8 Å². The highest BCUT2D eigenvalue weighted by Crippen LogP contribution is 2.50. The second-order valence-electron chi connectivity index (χ2n) is 5.47. The van der Waals surface area contributed by atoms with Crippen molar-refractivity contribution < 1.29 is 14.3 Å². The molecule has 0 bridgehead atoms. The first-order chi connectivity index (χ1) is 10.7. The van der Waals surface area contributed by atoms with Crippen molar-refractivity contribution in [3.05, 3.63) is 45.9 Å². The van der Waals surface area contributed by atoms with Crippen LogP contribution in [0.1, 0.15) is 28.5 Å². The molecule has 0 unspecified atom stereocenters. The van der Waals surface area contributed by atoms with Gasteiger partial charge in [0.1, 0.15) is 5.75 Å². The van der Waals surface area contributed by atoms with E-state index < -0.39 is 0 Å². The second kappa shape index (κ2) is 6.48. The lowest BCUT2D eigenvalue weighted by Gasteiger charge is -2.08. The number of benzene rings is 1. The molecular formula is C17H19NO3S. The van der Waals surface area contributed by atoms with Crippen molar-refractivity contribution in [2.24, 2.45) is 5.92 Å². The lowest BCUT2D eigenvalue weighted by atomic mass is 10.1. The minimum atomic E-state index is -0.0990. The third-order valence-corrected chi connectivity index (χ3v) is 5.04. The average Bonchev–Trinajstić information content (AvgIpc) is 3.24. The lowest BCUT2D eigenvalue weighted by molar-refractivity contribution is -0.145. The maximum absolute atomic E-state index is 12.1. The number of rotatable bonds is 6. The first kappa shape index (κ1) is 15.0. The van der Waals surface area contributed by atoms with Gasteiger partial charge in [0.2, 0.25) is 0 Å². The number of aryl methyl sites for hydroxylation is 1. The maximum atomic E-state index is 12.1. The predicted molar refractivity (Wildman–Crippen MR) is 85.4 cm³/mol. The maximum Gasteiger partial charge on any atom is 0.309 e. The Morgan fingerprint density at radius 3 is 2.95 bits per heavy atom. The Hall–Kier alpha value is -1.88. The fourth-order valence-electron chi connectivity index (χ4n) is 2.69. The molecule has 0 saturated heterocycles. The number of aromatic nitrogens is 1. The van der Waals surface area contributed by atoms with Crippen LogP contribution in [0.15, 0.2) is 29.8 Å². The summed E-state index contributed by atoms with van der Waals surface area (Å²) >= 11 is 1.61. The summed E-state index contributed by atoms with van der Waals surface area (Å²) in [7, 11) is 1.66. The molecule has 116 valence electrons. The number of ether oxygens (including phenoxy) is 2. The normalized spacial score (nSPS) is 19.7. The van der Waals surface area contributed by atoms with Crippen LogP contribution in [0, 0.1) is 12.8 Å². The van der Waals surface area contributed by atoms with E-state index in [0.29, 0.717) is 6.61 Å². The molecule has 1 saturated carbocycles. The summed E-state index contributed by atoms with van der Waals surface area (Å²) in [6.45, 7) is 2.41. The van der Waals surface area contributed by atoms with Crippen LogP contribution in [0.2, 0.25) is 0 Å². The van der Waals surface area contributed by atoms with Crippen LogP contribution >= 0.6 is 11.3 Å². The van der Waals surface area contributed by atoms with Crippen molar-refractivity contribution in [3.63, 3.8) is 0 Å². The van der Waals surface area contributed by atoms with E-state index in [9.17, 15) is 4.79 Å². The van der Waals surface area contributed by atoms with Gasteiger partial charge in [-0.25, -0.2) is 4.98 Å². The molecule has 22 heavy (non-hydrogen) atoms. The Morgan fingerprint density at radius 2 is 2.23 bits per heavy atom. The van der Waals surface area contributed by atoms with Gasteiger partial charge in [-0.05, 0) is 25.0 Å². The predicted octanol–water partition coefficient (Wildman–Crippen LogP) is 3.35. The Balaban J connectivity index is 1.51. The zero-order chi connectivity index (χ0) is 15.5. The molecule has 1 aromatic carbocycles. The fraction of sp³-hybridized carbons (Fsp3) is 0.412. The fourth-order valence-corrected chi connectivity index (χ4v) is 3.45. The zero-order valence-corrected chi connectivity index (χ0v) is 13.6. The highest BCUT2D eigenvalue weighted by molar-refractivity contribution is 7.09. The number of carbonyl (C=O) groups is 1. The molecule has 0 spiro atoms. The summed E-state index contributed by atoms with van der Waals surface area (Å²) in [6.07, 6.45) is 1.59. The van der Waals surface area contributed by atoms with E-state index in [1.54, 1.807) is 18.4 Å². The van der Waals surface area contributed by atoms with Crippen LogP contribution in [0.3, 0.4) is 0 Å². The molecule has 0 N–H and O–H groups in total. The number of carbonyl (C=O) groups excluding carboxylic acids is 1. The van der Waals surface area contributed by atoms with Crippen molar-refractivity contribution in [1.82, 2.24) is 4.98 Å². The zero-order valence-electron chi connectivity index (χ0n) is 12.7. The van der Waals surface area contributed by atoms with Gasteiger partial charge >= 0.3 is 5.97 Å². The Bertz CT molecular complexity index is 667. The van der Waals surface area contributed by atoms with Crippen LogP contribution < -0.4 is 4.74 Å². The van der Waals surface area contributed by atoms with E-state index >= 15 is 0 Å². The van der Waals surface area contributed by atoms with E-state index in [0.717, 1.165) is 29.8 Å². The van der Waals surface area contributed by atoms with Crippen molar-refractivity contribution in [3.8, 4) is 5.75 Å². The molecule has 3 rings (SSSR count). The number of nitrogens with zero attached hydrogens (tertiary/aromatic N) is 1. The van der Waals surface area contributed by atoms with Crippen LogP contribution in [-0.4, -0.2) is 24.7 Å². The van der Waals surface area contributed by atoms with Gasteiger partial charge in [0.25, 0.3) is 0 Å². The average molecular weight is 317 g/mol. The van der Waals surface area contributed by atoms with Gasteiger partial charge < -0.3 is 9.47 Å². The molecule has 2 aromatic rings. The summed E-state index contributed by atoms with van der Waals surface area (Å²) in [4.78, 5) is 17.5. The number of methoxy groups -OCH3 is 1. The Morgan fingerprint density at radius 1 is 1.41 bits per heavy atom. The smallest absolute Gasteiger partial charge is 0.309 e. The largest absolute Gasteiger partial charge is 0.496 e. The molecule has 0 radical (unpaired) electrons. The van der Waals surface area contributed by atoms with E-state index in [2.05, 4.69) is 4.98 Å². The van der Waals surface area contributed by atoms with Crippen molar-refractivity contribution in [1.29, 1.82) is 0 Å². The van der Waals surface area contributed by atoms with Crippen molar-refractivity contribution in [2.75, 3.05) is 13.7 Å². The topological polar surface area (TPSA) is 48.4 Å². The molecule has 0 amide bonds. The summed E-state index contributed by atoms with van der Waals surface area (Å²) in [5, 5.41) is 0. The van der Waals surface area contributed by atoms with E-state index in [4.69, 9.17) is 9.47 Å².